The van der Waals surface area contributed by atoms with Crippen molar-refractivity contribution in [2.45, 2.75) is 26.7 Å². The molecular weight excluding hydrogens is 226 g/mol. The second-order valence-electron chi connectivity index (χ2n) is 4.88. The quantitative estimate of drug-likeness (QED) is 0.815. The summed E-state index contributed by atoms with van der Waals surface area (Å²) in [5.41, 5.74) is 2.74. The highest BCUT2D eigenvalue weighted by Gasteiger charge is 2.23. The molecule has 3 rings (SSSR count). The second-order valence-corrected chi connectivity index (χ2v) is 4.88. The third-order valence-electron chi connectivity index (χ3n) is 3.31. The first-order chi connectivity index (χ1) is 8.79. The lowest BCUT2D eigenvalue weighted by molar-refractivity contribution is 0.295. The Kier molecular flexibility index (Phi) is 2.82. The van der Waals surface area contributed by atoms with Gasteiger partial charge < -0.3 is 9.26 Å². The minimum Gasteiger partial charge on any atom is -0.489 e. The number of nitrogens with zero attached hydrogens (tertiary/aromatic N) is 1. The molecule has 0 radical (unpaired) electrons. The highest BCUT2D eigenvalue weighted by Crippen LogP contribution is 2.35. The third kappa shape index (κ3) is 2.01. The van der Waals surface area contributed by atoms with Gasteiger partial charge in [-0.05, 0) is 38.7 Å². The third-order valence-corrected chi connectivity index (χ3v) is 3.31. The molecule has 0 saturated heterocycles. The Morgan fingerprint density at radius 2 is 2.28 bits per heavy atom. The van der Waals surface area contributed by atoms with Crippen LogP contribution in [0.25, 0.3) is 17.0 Å². The molecule has 0 aliphatic heterocycles. The van der Waals surface area contributed by atoms with Gasteiger partial charge in [-0.25, -0.2) is 0 Å². The summed E-state index contributed by atoms with van der Waals surface area (Å²) in [6, 6.07) is 4.11. The molecule has 3 nitrogen and oxygen atoms in total. The van der Waals surface area contributed by atoms with Crippen LogP contribution in [0.5, 0.6) is 5.75 Å². The van der Waals surface area contributed by atoms with Crippen molar-refractivity contribution in [3.8, 4) is 5.75 Å². The largest absolute Gasteiger partial charge is 0.489 e. The standard InChI is InChI=1S/C15H17NO2/c1-3-4-12-7-8-13-10(2)16-18-15(13)14(12)17-9-11-5-6-11/h3-4,7-8,11H,5-6,9H2,1-2H3/b4-3-. The van der Waals surface area contributed by atoms with Gasteiger partial charge in [0.1, 0.15) is 0 Å². The van der Waals surface area contributed by atoms with Crippen LogP contribution in [-0.4, -0.2) is 11.8 Å². The van der Waals surface area contributed by atoms with Crippen LogP contribution < -0.4 is 4.74 Å². The highest BCUT2D eigenvalue weighted by atomic mass is 16.5. The highest BCUT2D eigenvalue weighted by molar-refractivity contribution is 5.88. The molecule has 0 atom stereocenters. The van der Waals surface area contributed by atoms with Crippen LogP contribution in [0.4, 0.5) is 0 Å². The van der Waals surface area contributed by atoms with Crippen molar-refractivity contribution in [1.29, 1.82) is 0 Å². The minimum absolute atomic E-state index is 0.725. The molecule has 1 fully saturated rings. The Hall–Kier alpha value is -1.77. The maximum Gasteiger partial charge on any atom is 0.209 e. The number of benzene rings is 1. The lowest BCUT2D eigenvalue weighted by Gasteiger charge is -2.08. The molecule has 1 aromatic heterocycles. The fourth-order valence-electron chi connectivity index (χ4n) is 2.06. The van der Waals surface area contributed by atoms with Gasteiger partial charge in [0.2, 0.25) is 5.58 Å². The van der Waals surface area contributed by atoms with Crippen molar-refractivity contribution >= 4 is 17.0 Å². The molecule has 1 aromatic carbocycles. The Morgan fingerprint density at radius 3 is 3.00 bits per heavy atom. The summed E-state index contributed by atoms with van der Waals surface area (Å²) in [5, 5.41) is 5.06. The molecule has 0 N–H and O–H groups in total. The molecule has 1 aliphatic rings. The Labute approximate surface area is 106 Å². The van der Waals surface area contributed by atoms with E-state index < -0.39 is 0 Å². The number of aryl methyl sites for hydroxylation is 1. The van der Waals surface area contributed by atoms with Gasteiger partial charge in [-0.2, -0.15) is 0 Å². The number of ether oxygens (including phenoxy) is 1. The van der Waals surface area contributed by atoms with E-state index in [-0.39, 0.29) is 0 Å². The van der Waals surface area contributed by atoms with Gasteiger partial charge in [-0.1, -0.05) is 23.4 Å². The molecule has 2 aromatic rings. The van der Waals surface area contributed by atoms with E-state index in [2.05, 4.69) is 11.2 Å². The van der Waals surface area contributed by atoms with Gasteiger partial charge in [-0.15, -0.1) is 0 Å². The molecule has 1 aliphatic carbocycles. The second kappa shape index (κ2) is 4.48. The van der Waals surface area contributed by atoms with E-state index in [0.29, 0.717) is 0 Å². The van der Waals surface area contributed by atoms with Crippen LogP contribution in [-0.2, 0) is 0 Å². The Bertz CT molecular complexity index is 594. The average molecular weight is 243 g/mol. The summed E-state index contributed by atoms with van der Waals surface area (Å²) in [6.07, 6.45) is 6.61. The zero-order valence-electron chi connectivity index (χ0n) is 10.8. The summed E-state index contributed by atoms with van der Waals surface area (Å²) in [6.45, 7) is 4.73. The fourth-order valence-corrected chi connectivity index (χ4v) is 2.06. The van der Waals surface area contributed by atoms with Crippen LogP contribution in [0.15, 0.2) is 22.7 Å². The van der Waals surface area contributed by atoms with E-state index in [4.69, 9.17) is 9.26 Å². The van der Waals surface area contributed by atoms with Gasteiger partial charge in [0.15, 0.2) is 5.75 Å². The van der Waals surface area contributed by atoms with Crippen LogP contribution in [0.1, 0.15) is 31.0 Å². The molecule has 1 saturated carbocycles. The van der Waals surface area contributed by atoms with Crippen molar-refractivity contribution < 1.29 is 9.26 Å². The molecule has 1 heterocycles. The van der Waals surface area contributed by atoms with Crippen LogP contribution in [0, 0.1) is 12.8 Å². The molecule has 0 amide bonds. The molecule has 18 heavy (non-hydrogen) atoms. The Morgan fingerprint density at radius 1 is 1.44 bits per heavy atom. The Balaban J connectivity index is 2.05. The van der Waals surface area contributed by atoms with E-state index >= 15 is 0 Å². The smallest absolute Gasteiger partial charge is 0.209 e. The van der Waals surface area contributed by atoms with E-state index in [1.54, 1.807) is 0 Å². The molecule has 0 unspecified atom stereocenters. The molecule has 0 spiro atoms. The van der Waals surface area contributed by atoms with Crippen LogP contribution in [0.2, 0.25) is 0 Å². The summed E-state index contributed by atoms with van der Waals surface area (Å²) in [5.74, 6) is 1.56. The van der Waals surface area contributed by atoms with Gasteiger partial charge >= 0.3 is 0 Å². The normalized spacial score (nSPS) is 15.7. The number of hydrogen-bond acceptors (Lipinski definition) is 3. The lowest BCUT2D eigenvalue weighted by atomic mass is 10.1. The first-order valence-electron chi connectivity index (χ1n) is 6.44. The maximum atomic E-state index is 5.96. The van der Waals surface area contributed by atoms with Crippen molar-refractivity contribution in [3.05, 3.63) is 29.5 Å². The zero-order chi connectivity index (χ0) is 12.5. The summed E-state index contributed by atoms with van der Waals surface area (Å²) < 4.78 is 11.4. The van der Waals surface area contributed by atoms with Gasteiger partial charge in [0.05, 0.1) is 12.3 Å². The fraction of sp³-hybridized carbons (Fsp3) is 0.400. The molecule has 0 bridgehead atoms. The van der Waals surface area contributed by atoms with Gasteiger partial charge in [-0.3, -0.25) is 0 Å². The van der Waals surface area contributed by atoms with Crippen molar-refractivity contribution in [2.24, 2.45) is 5.92 Å². The van der Waals surface area contributed by atoms with Crippen LogP contribution >= 0.6 is 0 Å². The summed E-state index contributed by atoms with van der Waals surface area (Å²) >= 11 is 0. The summed E-state index contributed by atoms with van der Waals surface area (Å²) in [7, 11) is 0. The molecule has 3 heteroatoms. The number of hydrogen-bond donors (Lipinski definition) is 0. The number of aromatic nitrogens is 1. The topological polar surface area (TPSA) is 35.3 Å². The number of allylic oxidation sites excluding steroid dienone is 1. The molecule has 94 valence electrons. The van der Waals surface area contributed by atoms with Crippen molar-refractivity contribution in [3.63, 3.8) is 0 Å². The SMILES string of the molecule is C/C=C\c1ccc2c(C)noc2c1OCC1CC1. The maximum absolute atomic E-state index is 5.96. The zero-order valence-corrected chi connectivity index (χ0v) is 10.8. The van der Waals surface area contributed by atoms with Crippen LogP contribution in [0.3, 0.4) is 0 Å². The van der Waals surface area contributed by atoms with Gasteiger partial charge in [0, 0.05) is 10.9 Å². The van der Waals surface area contributed by atoms with Gasteiger partial charge in [0.25, 0.3) is 0 Å². The van der Waals surface area contributed by atoms with Crippen molar-refractivity contribution in [1.82, 2.24) is 5.16 Å². The van der Waals surface area contributed by atoms with E-state index in [0.717, 1.165) is 40.5 Å². The van der Waals surface area contributed by atoms with E-state index in [1.807, 2.05) is 32.1 Å². The lowest BCUT2D eigenvalue weighted by Crippen LogP contribution is -2.00. The first kappa shape index (κ1) is 11.3. The monoisotopic (exact) mass is 243 g/mol. The van der Waals surface area contributed by atoms with E-state index in [9.17, 15) is 0 Å². The minimum atomic E-state index is 0.725. The number of fused-ring (bicyclic) bond motifs is 1. The predicted molar refractivity (Wildman–Crippen MR) is 71.7 cm³/mol. The first-order valence-corrected chi connectivity index (χ1v) is 6.44. The van der Waals surface area contributed by atoms with E-state index in [1.165, 1.54) is 12.8 Å². The molecular formula is C15H17NO2. The predicted octanol–water partition coefficient (Wildman–Crippen LogP) is 3.96. The number of rotatable bonds is 4. The summed E-state index contributed by atoms with van der Waals surface area (Å²) in [4.78, 5) is 0. The van der Waals surface area contributed by atoms with Crippen molar-refractivity contribution in [2.75, 3.05) is 6.61 Å². The average Bonchev–Trinajstić information content (AvgIpc) is 3.12.